The van der Waals surface area contributed by atoms with Gasteiger partial charge in [-0.25, -0.2) is 14.6 Å². The monoisotopic (exact) mass is 290 g/mol. The van der Waals surface area contributed by atoms with Crippen LogP contribution in [0, 0.1) is 0 Å². The highest BCUT2D eigenvalue weighted by Gasteiger charge is 2.25. The Labute approximate surface area is 122 Å². The van der Waals surface area contributed by atoms with Crippen molar-refractivity contribution in [3.8, 4) is 5.88 Å². The Hall–Kier alpha value is -2.22. The lowest BCUT2D eigenvalue weighted by Gasteiger charge is -2.23. The Morgan fingerprint density at radius 1 is 1.38 bits per heavy atom. The number of fused-ring (bicyclic) bond motifs is 1. The fraction of sp³-hybridized carbons (Fsp3) is 0.538. The van der Waals surface area contributed by atoms with E-state index in [1.54, 1.807) is 26.5 Å². The molecule has 1 aliphatic rings. The first-order chi connectivity index (χ1) is 10.3. The number of rotatable bonds is 5. The SMILES string of the molecule is COCc1nc2n(n1)CCCC2Nc1nccc(OC)n1. The summed E-state index contributed by atoms with van der Waals surface area (Å²) in [5.41, 5.74) is 0. The lowest BCUT2D eigenvalue weighted by atomic mass is 10.1. The fourth-order valence-corrected chi connectivity index (χ4v) is 2.41. The lowest BCUT2D eigenvalue weighted by molar-refractivity contribution is 0.177. The van der Waals surface area contributed by atoms with E-state index >= 15 is 0 Å². The molecule has 21 heavy (non-hydrogen) atoms. The predicted octanol–water partition coefficient (Wildman–Crippen LogP) is 1.17. The molecule has 1 aliphatic heterocycles. The minimum Gasteiger partial charge on any atom is -0.481 e. The van der Waals surface area contributed by atoms with E-state index in [0.29, 0.717) is 24.3 Å². The molecule has 1 unspecified atom stereocenters. The first-order valence-electron chi connectivity index (χ1n) is 6.86. The van der Waals surface area contributed by atoms with Crippen molar-refractivity contribution in [2.75, 3.05) is 19.5 Å². The van der Waals surface area contributed by atoms with E-state index in [1.807, 2.05) is 4.68 Å². The van der Waals surface area contributed by atoms with E-state index in [0.717, 1.165) is 25.2 Å². The summed E-state index contributed by atoms with van der Waals surface area (Å²) >= 11 is 0. The number of anilines is 1. The number of hydrogen-bond acceptors (Lipinski definition) is 7. The summed E-state index contributed by atoms with van der Waals surface area (Å²) in [6.45, 7) is 1.30. The molecule has 0 amide bonds. The van der Waals surface area contributed by atoms with Gasteiger partial charge in [-0.15, -0.1) is 0 Å². The number of nitrogens with zero attached hydrogens (tertiary/aromatic N) is 5. The molecular formula is C13H18N6O2. The maximum atomic E-state index is 5.11. The maximum Gasteiger partial charge on any atom is 0.226 e. The smallest absolute Gasteiger partial charge is 0.226 e. The Bertz CT molecular complexity index is 614. The minimum atomic E-state index is 0.0453. The molecule has 0 fully saturated rings. The highest BCUT2D eigenvalue weighted by Crippen LogP contribution is 2.26. The summed E-state index contributed by atoms with van der Waals surface area (Å²) in [6, 6.07) is 1.76. The van der Waals surface area contributed by atoms with E-state index in [-0.39, 0.29) is 6.04 Å². The van der Waals surface area contributed by atoms with Gasteiger partial charge in [0, 0.05) is 25.9 Å². The van der Waals surface area contributed by atoms with Gasteiger partial charge in [0.25, 0.3) is 0 Å². The van der Waals surface area contributed by atoms with Crippen LogP contribution in [0.15, 0.2) is 12.3 Å². The lowest BCUT2D eigenvalue weighted by Crippen LogP contribution is -2.23. The molecular weight excluding hydrogens is 272 g/mol. The molecule has 0 spiro atoms. The second-order valence-electron chi connectivity index (χ2n) is 4.80. The van der Waals surface area contributed by atoms with Gasteiger partial charge >= 0.3 is 0 Å². The Kier molecular flexibility index (Phi) is 3.96. The second-order valence-corrected chi connectivity index (χ2v) is 4.80. The average molecular weight is 290 g/mol. The zero-order chi connectivity index (χ0) is 14.7. The van der Waals surface area contributed by atoms with E-state index < -0.39 is 0 Å². The molecule has 3 heterocycles. The van der Waals surface area contributed by atoms with Crippen LogP contribution >= 0.6 is 0 Å². The van der Waals surface area contributed by atoms with Gasteiger partial charge in [0.05, 0.1) is 13.2 Å². The number of methoxy groups -OCH3 is 2. The van der Waals surface area contributed by atoms with Gasteiger partial charge in [0.1, 0.15) is 12.4 Å². The van der Waals surface area contributed by atoms with Crippen molar-refractivity contribution in [1.82, 2.24) is 24.7 Å². The number of hydrogen-bond donors (Lipinski definition) is 1. The van der Waals surface area contributed by atoms with Crippen molar-refractivity contribution >= 4 is 5.95 Å². The summed E-state index contributed by atoms with van der Waals surface area (Å²) in [6.07, 6.45) is 3.66. The summed E-state index contributed by atoms with van der Waals surface area (Å²) in [7, 11) is 3.22. The van der Waals surface area contributed by atoms with Gasteiger partial charge < -0.3 is 14.8 Å². The van der Waals surface area contributed by atoms with Gasteiger partial charge in [0.15, 0.2) is 5.82 Å². The van der Waals surface area contributed by atoms with Crippen LogP contribution in [0.4, 0.5) is 5.95 Å². The third kappa shape index (κ3) is 2.94. The highest BCUT2D eigenvalue weighted by molar-refractivity contribution is 5.30. The topological polar surface area (TPSA) is 87.0 Å². The molecule has 0 aliphatic carbocycles. The largest absolute Gasteiger partial charge is 0.481 e. The van der Waals surface area contributed by atoms with Crippen LogP contribution in [0.1, 0.15) is 30.5 Å². The standard InChI is InChI=1S/C13H18N6O2/c1-20-8-10-16-12-9(4-3-7-19(12)18-10)15-13-14-6-5-11(17-13)21-2/h5-6,9H,3-4,7-8H2,1-2H3,(H,14,15,17). The predicted molar refractivity (Wildman–Crippen MR) is 74.9 cm³/mol. The van der Waals surface area contributed by atoms with Gasteiger partial charge in [-0.2, -0.15) is 10.1 Å². The van der Waals surface area contributed by atoms with E-state index in [4.69, 9.17) is 9.47 Å². The minimum absolute atomic E-state index is 0.0453. The zero-order valence-corrected chi connectivity index (χ0v) is 12.1. The maximum absolute atomic E-state index is 5.11. The van der Waals surface area contributed by atoms with Crippen LogP contribution in [0.5, 0.6) is 5.88 Å². The number of aromatic nitrogens is 5. The van der Waals surface area contributed by atoms with Gasteiger partial charge in [-0.1, -0.05) is 0 Å². The van der Waals surface area contributed by atoms with Crippen LogP contribution in [-0.2, 0) is 17.9 Å². The van der Waals surface area contributed by atoms with Crippen LogP contribution < -0.4 is 10.1 Å². The van der Waals surface area contributed by atoms with Gasteiger partial charge in [-0.3, -0.25) is 0 Å². The van der Waals surface area contributed by atoms with E-state index in [9.17, 15) is 0 Å². The third-order valence-electron chi connectivity index (χ3n) is 3.33. The summed E-state index contributed by atoms with van der Waals surface area (Å²) in [4.78, 5) is 13.0. The molecule has 0 radical (unpaired) electrons. The molecule has 1 atom stereocenters. The molecule has 8 nitrogen and oxygen atoms in total. The highest BCUT2D eigenvalue weighted by atomic mass is 16.5. The fourth-order valence-electron chi connectivity index (χ4n) is 2.41. The van der Waals surface area contributed by atoms with E-state index in [2.05, 4.69) is 25.4 Å². The van der Waals surface area contributed by atoms with Crippen molar-refractivity contribution in [1.29, 1.82) is 0 Å². The first-order valence-corrected chi connectivity index (χ1v) is 6.86. The molecule has 3 rings (SSSR count). The molecule has 8 heteroatoms. The summed E-state index contributed by atoms with van der Waals surface area (Å²) in [5.74, 6) is 2.67. The van der Waals surface area contributed by atoms with Gasteiger partial charge in [-0.05, 0) is 12.8 Å². The zero-order valence-electron chi connectivity index (χ0n) is 12.1. The van der Waals surface area contributed by atoms with Crippen LogP contribution in [0.3, 0.4) is 0 Å². The van der Waals surface area contributed by atoms with Crippen LogP contribution in [0.25, 0.3) is 0 Å². The third-order valence-corrected chi connectivity index (χ3v) is 3.33. The van der Waals surface area contributed by atoms with Crippen molar-refractivity contribution in [2.45, 2.75) is 32.0 Å². The molecule has 112 valence electrons. The molecule has 1 N–H and O–H groups in total. The molecule has 2 aromatic heterocycles. The Balaban J connectivity index is 1.80. The van der Waals surface area contributed by atoms with Gasteiger partial charge in [0.2, 0.25) is 11.8 Å². The van der Waals surface area contributed by atoms with Crippen molar-refractivity contribution in [3.05, 3.63) is 23.9 Å². The first kappa shape index (κ1) is 13.7. The molecule has 0 saturated heterocycles. The van der Waals surface area contributed by atoms with Crippen molar-refractivity contribution < 1.29 is 9.47 Å². The Morgan fingerprint density at radius 2 is 2.29 bits per heavy atom. The molecule has 0 saturated carbocycles. The molecule has 0 aromatic carbocycles. The summed E-state index contributed by atoms with van der Waals surface area (Å²) < 4.78 is 12.1. The van der Waals surface area contributed by atoms with E-state index in [1.165, 1.54) is 0 Å². The second kappa shape index (κ2) is 6.04. The number of ether oxygens (including phenoxy) is 2. The van der Waals surface area contributed by atoms with Crippen molar-refractivity contribution in [3.63, 3.8) is 0 Å². The summed E-state index contributed by atoms with van der Waals surface area (Å²) in [5, 5.41) is 7.74. The number of aryl methyl sites for hydroxylation is 1. The van der Waals surface area contributed by atoms with Crippen LogP contribution in [-0.4, -0.2) is 39.0 Å². The number of nitrogens with one attached hydrogen (secondary N) is 1. The van der Waals surface area contributed by atoms with Crippen molar-refractivity contribution in [2.24, 2.45) is 0 Å². The quantitative estimate of drug-likeness (QED) is 0.884. The average Bonchev–Trinajstić information content (AvgIpc) is 2.91. The normalized spacial score (nSPS) is 17.3. The molecule has 0 bridgehead atoms. The van der Waals surface area contributed by atoms with Crippen LogP contribution in [0.2, 0.25) is 0 Å². The molecule has 2 aromatic rings. The Morgan fingerprint density at radius 3 is 3.10 bits per heavy atom.